The number of allylic oxidation sites excluding steroid dienone is 5. The number of rotatable bonds is 8. The molecule has 0 bridgehead atoms. The summed E-state index contributed by atoms with van der Waals surface area (Å²) in [5.74, 6) is -0.774. The normalized spacial score (nSPS) is 13.0. The van der Waals surface area contributed by atoms with Crippen molar-refractivity contribution in [1.82, 2.24) is 0 Å². The second-order valence-electron chi connectivity index (χ2n) is 5.33. The van der Waals surface area contributed by atoms with E-state index in [1.165, 1.54) is 11.1 Å². The minimum absolute atomic E-state index is 0.565. The van der Waals surface area contributed by atoms with Crippen LogP contribution in [-0.2, 0) is 4.79 Å². The van der Waals surface area contributed by atoms with Crippen LogP contribution in [0, 0.1) is 0 Å². The molecule has 1 N–H and O–H groups in total. The molecule has 0 aliphatic rings. The topological polar surface area (TPSA) is 37.3 Å². The Balaban J connectivity index is 4.27. The first-order chi connectivity index (χ1) is 8.88. The van der Waals surface area contributed by atoms with Crippen LogP contribution in [0.2, 0.25) is 0 Å². The van der Waals surface area contributed by atoms with Gasteiger partial charge in [0.05, 0.1) is 0 Å². The van der Waals surface area contributed by atoms with E-state index in [2.05, 4.69) is 32.9 Å². The third-order valence-electron chi connectivity index (χ3n) is 3.23. The van der Waals surface area contributed by atoms with Crippen LogP contribution in [0.25, 0.3) is 0 Å². The van der Waals surface area contributed by atoms with E-state index >= 15 is 0 Å². The lowest BCUT2D eigenvalue weighted by Crippen LogP contribution is -2.02. The summed E-state index contributed by atoms with van der Waals surface area (Å²) in [6.45, 7) is 10.2. The highest BCUT2D eigenvalue weighted by atomic mass is 16.4. The summed E-state index contributed by atoms with van der Waals surface area (Å²) in [6, 6.07) is 0. The molecule has 2 heteroatoms. The number of carboxylic acid groups (broad SMARTS) is 1. The SMILES string of the molecule is CC/C(C(=O)O)=C(/C)CC/C=C(\C)CCC=C(C)C. The van der Waals surface area contributed by atoms with E-state index < -0.39 is 5.97 Å². The number of hydrogen-bond acceptors (Lipinski definition) is 1. The minimum atomic E-state index is -0.774. The van der Waals surface area contributed by atoms with Crippen LogP contribution in [0.15, 0.2) is 34.4 Å². The van der Waals surface area contributed by atoms with Gasteiger partial charge in [0.25, 0.3) is 0 Å². The highest BCUT2D eigenvalue weighted by Crippen LogP contribution is 2.16. The molecule has 2 nitrogen and oxygen atoms in total. The van der Waals surface area contributed by atoms with Crippen molar-refractivity contribution in [2.45, 2.75) is 66.7 Å². The zero-order valence-electron chi connectivity index (χ0n) is 13.0. The van der Waals surface area contributed by atoms with Crippen molar-refractivity contribution in [2.75, 3.05) is 0 Å². The van der Waals surface area contributed by atoms with Crippen LogP contribution < -0.4 is 0 Å². The fraction of sp³-hybridized carbons (Fsp3) is 0.588. The summed E-state index contributed by atoms with van der Waals surface area (Å²) in [5.41, 5.74) is 4.32. The van der Waals surface area contributed by atoms with Crippen LogP contribution in [0.5, 0.6) is 0 Å². The zero-order valence-corrected chi connectivity index (χ0v) is 13.0. The lowest BCUT2D eigenvalue weighted by Gasteiger charge is -2.05. The van der Waals surface area contributed by atoms with E-state index in [4.69, 9.17) is 5.11 Å². The molecule has 0 aliphatic carbocycles. The highest BCUT2D eigenvalue weighted by molar-refractivity contribution is 5.87. The number of carbonyl (C=O) groups is 1. The second kappa shape index (κ2) is 9.60. The van der Waals surface area contributed by atoms with E-state index in [0.29, 0.717) is 12.0 Å². The molecule has 0 aliphatic heterocycles. The van der Waals surface area contributed by atoms with Crippen molar-refractivity contribution in [3.05, 3.63) is 34.4 Å². The molecule has 0 radical (unpaired) electrons. The summed E-state index contributed by atoms with van der Waals surface area (Å²) in [5, 5.41) is 9.04. The van der Waals surface area contributed by atoms with Gasteiger partial charge in [0.2, 0.25) is 0 Å². The first-order valence-electron chi connectivity index (χ1n) is 7.09. The van der Waals surface area contributed by atoms with Gasteiger partial charge in [0.15, 0.2) is 0 Å². The molecule has 0 fully saturated rings. The fourth-order valence-electron chi connectivity index (χ4n) is 2.01. The maximum absolute atomic E-state index is 11.0. The molecule has 108 valence electrons. The van der Waals surface area contributed by atoms with E-state index in [1.807, 2.05) is 13.8 Å². The molecule has 0 saturated heterocycles. The van der Waals surface area contributed by atoms with Gasteiger partial charge in [-0.05, 0) is 59.8 Å². The van der Waals surface area contributed by atoms with E-state index in [9.17, 15) is 4.79 Å². The first kappa shape index (κ1) is 17.7. The van der Waals surface area contributed by atoms with E-state index in [0.717, 1.165) is 31.3 Å². The van der Waals surface area contributed by atoms with Crippen LogP contribution in [-0.4, -0.2) is 11.1 Å². The zero-order chi connectivity index (χ0) is 14.8. The predicted molar refractivity (Wildman–Crippen MR) is 82.3 cm³/mol. The molecule has 0 rings (SSSR count). The van der Waals surface area contributed by atoms with E-state index in [1.54, 1.807) is 0 Å². The third kappa shape index (κ3) is 8.41. The third-order valence-corrected chi connectivity index (χ3v) is 3.23. The minimum Gasteiger partial charge on any atom is -0.478 e. The van der Waals surface area contributed by atoms with Gasteiger partial charge in [0.1, 0.15) is 0 Å². The largest absolute Gasteiger partial charge is 0.478 e. The Morgan fingerprint density at radius 2 is 1.58 bits per heavy atom. The summed E-state index contributed by atoms with van der Waals surface area (Å²) in [6.07, 6.45) is 9.05. The molecule has 0 aromatic carbocycles. The van der Waals surface area contributed by atoms with E-state index in [-0.39, 0.29) is 0 Å². The molecular formula is C17H28O2. The summed E-state index contributed by atoms with van der Waals surface area (Å²) in [4.78, 5) is 11.0. The number of aliphatic carboxylic acids is 1. The molecule has 0 atom stereocenters. The summed E-state index contributed by atoms with van der Waals surface area (Å²) in [7, 11) is 0. The Labute approximate surface area is 117 Å². The van der Waals surface area contributed by atoms with Gasteiger partial charge in [0, 0.05) is 5.57 Å². The van der Waals surface area contributed by atoms with Crippen LogP contribution in [0.3, 0.4) is 0 Å². The molecule has 0 saturated carbocycles. The first-order valence-corrected chi connectivity index (χ1v) is 7.09. The van der Waals surface area contributed by atoms with Gasteiger partial charge in [-0.25, -0.2) is 4.79 Å². The van der Waals surface area contributed by atoms with Crippen molar-refractivity contribution >= 4 is 5.97 Å². The van der Waals surface area contributed by atoms with Crippen molar-refractivity contribution in [3.8, 4) is 0 Å². The molecular weight excluding hydrogens is 236 g/mol. The van der Waals surface area contributed by atoms with Gasteiger partial charge in [-0.15, -0.1) is 0 Å². The Kier molecular flexibility index (Phi) is 8.94. The van der Waals surface area contributed by atoms with Gasteiger partial charge in [-0.1, -0.05) is 35.8 Å². The van der Waals surface area contributed by atoms with Crippen molar-refractivity contribution in [2.24, 2.45) is 0 Å². The molecule has 0 aromatic heterocycles. The predicted octanol–water partition coefficient (Wildman–Crippen LogP) is 5.27. The monoisotopic (exact) mass is 264 g/mol. The lowest BCUT2D eigenvalue weighted by molar-refractivity contribution is -0.132. The molecule has 0 unspecified atom stereocenters. The van der Waals surface area contributed by atoms with Crippen LogP contribution in [0.1, 0.15) is 66.7 Å². The number of carboxylic acids is 1. The fourth-order valence-corrected chi connectivity index (χ4v) is 2.01. The molecule has 0 spiro atoms. The molecule has 0 aromatic rings. The second-order valence-corrected chi connectivity index (χ2v) is 5.33. The maximum Gasteiger partial charge on any atom is 0.331 e. The van der Waals surface area contributed by atoms with Gasteiger partial charge in [-0.3, -0.25) is 0 Å². The van der Waals surface area contributed by atoms with Crippen LogP contribution >= 0.6 is 0 Å². The Bertz CT molecular complexity index is 380. The Morgan fingerprint density at radius 3 is 2.05 bits per heavy atom. The van der Waals surface area contributed by atoms with Crippen molar-refractivity contribution in [1.29, 1.82) is 0 Å². The molecule has 19 heavy (non-hydrogen) atoms. The highest BCUT2D eigenvalue weighted by Gasteiger charge is 2.07. The molecule has 0 amide bonds. The maximum atomic E-state index is 11.0. The quantitative estimate of drug-likeness (QED) is 0.479. The Hall–Kier alpha value is -1.31. The standard InChI is InChI=1S/C17H28O2/c1-6-16(17(18)19)15(5)12-8-11-14(4)10-7-9-13(2)3/h9,11H,6-8,10,12H2,1-5H3,(H,18,19)/b14-11+,16-15+. The van der Waals surface area contributed by atoms with Crippen molar-refractivity contribution in [3.63, 3.8) is 0 Å². The summed E-state index contributed by atoms with van der Waals surface area (Å²) >= 11 is 0. The molecule has 0 heterocycles. The summed E-state index contributed by atoms with van der Waals surface area (Å²) < 4.78 is 0. The van der Waals surface area contributed by atoms with Gasteiger partial charge >= 0.3 is 5.97 Å². The van der Waals surface area contributed by atoms with Crippen LogP contribution in [0.4, 0.5) is 0 Å². The average Bonchev–Trinajstić information content (AvgIpc) is 2.28. The average molecular weight is 264 g/mol. The van der Waals surface area contributed by atoms with Gasteiger partial charge in [-0.2, -0.15) is 0 Å². The van der Waals surface area contributed by atoms with Gasteiger partial charge < -0.3 is 5.11 Å². The lowest BCUT2D eigenvalue weighted by atomic mass is 10.0. The van der Waals surface area contributed by atoms with Crippen molar-refractivity contribution < 1.29 is 9.90 Å². The Morgan fingerprint density at radius 1 is 1.00 bits per heavy atom. The number of hydrogen-bond donors (Lipinski definition) is 1. The smallest absolute Gasteiger partial charge is 0.331 e.